The molecule has 0 aliphatic heterocycles. The molecule has 1 saturated carbocycles. The maximum Gasteiger partial charge on any atom is 0.306 e. The van der Waals surface area contributed by atoms with Crippen LogP contribution < -0.4 is 5.32 Å². The summed E-state index contributed by atoms with van der Waals surface area (Å²) < 4.78 is 15.4. The lowest BCUT2D eigenvalue weighted by molar-refractivity contribution is -0.142. The number of hydrogen-bond donors (Lipinski definition) is 2. The molecule has 1 aromatic heterocycles. The van der Waals surface area contributed by atoms with Gasteiger partial charge in [-0.3, -0.25) is 9.59 Å². The van der Waals surface area contributed by atoms with Crippen molar-refractivity contribution in [3.8, 4) is 5.69 Å². The highest BCUT2D eigenvalue weighted by Crippen LogP contribution is 2.24. The second-order valence-corrected chi connectivity index (χ2v) is 6.43. The first kappa shape index (κ1) is 18.0. The molecule has 138 valence electrons. The van der Waals surface area contributed by atoms with Crippen LogP contribution in [0.5, 0.6) is 0 Å². The van der Waals surface area contributed by atoms with Crippen molar-refractivity contribution in [1.82, 2.24) is 20.1 Å². The zero-order valence-corrected chi connectivity index (χ0v) is 14.5. The molecule has 0 saturated heterocycles. The molecule has 2 N–H and O–H groups in total. The zero-order valence-electron chi connectivity index (χ0n) is 14.5. The van der Waals surface area contributed by atoms with E-state index in [1.165, 1.54) is 10.7 Å². The average molecular weight is 360 g/mol. The van der Waals surface area contributed by atoms with Gasteiger partial charge in [0.1, 0.15) is 17.3 Å². The van der Waals surface area contributed by atoms with Gasteiger partial charge in [0.15, 0.2) is 0 Å². The van der Waals surface area contributed by atoms with Gasteiger partial charge < -0.3 is 10.4 Å². The molecule has 1 aliphatic rings. The van der Waals surface area contributed by atoms with E-state index in [0.717, 1.165) is 0 Å². The number of rotatable bonds is 5. The van der Waals surface area contributed by atoms with Crippen LogP contribution in [-0.4, -0.2) is 37.8 Å². The summed E-state index contributed by atoms with van der Waals surface area (Å²) in [6, 6.07) is 6.10. The number of halogens is 1. The van der Waals surface area contributed by atoms with Crippen molar-refractivity contribution < 1.29 is 19.1 Å². The van der Waals surface area contributed by atoms with E-state index in [0.29, 0.717) is 37.9 Å². The normalized spacial score (nSPS) is 19.9. The highest BCUT2D eigenvalue weighted by molar-refractivity contribution is 5.90. The fourth-order valence-electron chi connectivity index (χ4n) is 3.22. The number of aryl methyl sites for hydroxylation is 1. The predicted octanol–water partition coefficient (Wildman–Crippen LogP) is 2.34. The summed E-state index contributed by atoms with van der Waals surface area (Å²) in [6.07, 6.45) is 2.79. The molecule has 0 atom stereocenters. The standard InChI is InChI=1S/C18H21FN4O3/c1-2-15-21-16(22-23(15)14-6-4-3-5-13(14)19)17(24)20-12-9-7-11(8-10-12)18(25)26/h3-6,11-12H,2,7-10H2,1H3,(H,20,24)(H,25,26). The quantitative estimate of drug-likeness (QED) is 0.853. The smallest absolute Gasteiger partial charge is 0.306 e. The van der Waals surface area contributed by atoms with E-state index in [-0.39, 0.29) is 23.5 Å². The van der Waals surface area contributed by atoms with E-state index in [2.05, 4.69) is 15.4 Å². The molecule has 26 heavy (non-hydrogen) atoms. The van der Waals surface area contributed by atoms with Gasteiger partial charge in [-0.05, 0) is 37.8 Å². The highest BCUT2D eigenvalue weighted by Gasteiger charge is 2.28. The number of carbonyl (C=O) groups is 2. The van der Waals surface area contributed by atoms with Crippen LogP contribution in [0.15, 0.2) is 24.3 Å². The molecule has 1 heterocycles. The van der Waals surface area contributed by atoms with Crippen LogP contribution in [0, 0.1) is 11.7 Å². The number of amides is 1. The summed E-state index contributed by atoms with van der Waals surface area (Å²) in [5, 5.41) is 16.1. The molecule has 2 aromatic rings. The number of aliphatic carboxylic acids is 1. The van der Waals surface area contributed by atoms with Gasteiger partial charge in [-0.15, -0.1) is 5.10 Å². The van der Waals surface area contributed by atoms with Gasteiger partial charge in [0.25, 0.3) is 5.91 Å². The molecule has 7 nitrogen and oxygen atoms in total. The summed E-state index contributed by atoms with van der Waals surface area (Å²) >= 11 is 0. The van der Waals surface area contributed by atoms with Crippen LogP contribution in [0.1, 0.15) is 49.1 Å². The second kappa shape index (κ2) is 7.63. The largest absolute Gasteiger partial charge is 0.481 e. The fourth-order valence-corrected chi connectivity index (χ4v) is 3.22. The van der Waals surface area contributed by atoms with Crippen molar-refractivity contribution in [2.75, 3.05) is 0 Å². The van der Waals surface area contributed by atoms with Gasteiger partial charge in [-0.2, -0.15) is 0 Å². The molecule has 0 spiro atoms. The first-order chi connectivity index (χ1) is 12.5. The van der Waals surface area contributed by atoms with Gasteiger partial charge in [-0.1, -0.05) is 19.1 Å². The summed E-state index contributed by atoms with van der Waals surface area (Å²) in [6.45, 7) is 1.86. The van der Waals surface area contributed by atoms with Gasteiger partial charge in [0.05, 0.1) is 5.92 Å². The third-order valence-corrected chi connectivity index (χ3v) is 4.69. The minimum atomic E-state index is -0.785. The highest BCUT2D eigenvalue weighted by atomic mass is 19.1. The van der Waals surface area contributed by atoms with Crippen LogP contribution in [0.25, 0.3) is 5.69 Å². The molecular formula is C18H21FN4O3. The summed E-state index contributed by atoms with van der Waals surface area (Å²) in [7, 11) is 0. The zero-order chi connectivity index (χ0) is 18.7. The van der Waals surface area contributed by atoms with E-state index in [1.807, 2.05) is 6.92 Å². The number of para-hydroxylation sites is 1. The third kappa shape index (κ3) is 3.74. The van der Waals surface area contributed by atoms with Crippen molar-refractivity contribution in [2.24, 2.45) is 5.92 Å². The molecule has 0 bridgehead atoms. The molecule has 1 aliphatic carbocycles. The van der Waals surface area contributed by atoms with E-state index in [4.69, 9.17) is 5.11 Å². The third-order valence-electron chi connectivity index (χ3n) is 4.69. The van der Waals surface area contributed by atoms with E-state index in [1.54, 1.807) is 18.2 Å². The molecule has 3 rings (SSSR count). The number of hydrogen-bond acceptors (Lipinski definition) is 4. The van der Waals surface area contributed by atoms with Crippen molar-refractivity contribution >= 4 is 11.9 Å². The number of benzene rings is 1. The minimum Gasteiger partial charge on any atom is -0.481 e. The Labute approximate surface area is 150 Å². The number of nitrogens with one attached hydrogen (secondary N) is 1. The Balaban J connectivity index is 1.73. The van der Waals surface area contributed by atoms with Crippen LogP contribution in [0.3, 0.4) is 0 Å². The minimum absolute atomic E-state index is 0.00883. The number of nitrogens with zero attached hydrogens (tertiary/aromatic N) is 3. The molecule has 1 fully saturated rings. The molecule has 0 radical (unpaired) electrons. The lowest BCUT2D eigenvalue weighted by Crippen LogP contribution is -2.39. The Morgan fingerprint density at radius 3 is 2.58 bits per heavy atom. The topological polar surface area (TPSA) is 97.1 Å². The first-order valence-corrected chi connectivity index (χ1v) is 8.74. The van der Waals surface area contributed by atoms with Crippen molar-refractivity contribution in [3.63, 3.8) is 0 Å². The predicted molar refractivity (Wildman–Crippen MR) is 91.5 cm³/mol. The number of aromatic nitrogens is 3. The Kier molecular flexibility index (Phi) is 5.29. The van der Waals surface area contributed by atoms with Crippen molar-refractivity contribution in [3.05, 3.63) is 41.7 Å². The lowest BCUT2D eigenvalue weighted by atomic mass is 9.86. The summed E-state index contributed by atoms with van der Waals surface area (Å²) in [5.41, 5.74) is 0.248. The van der Waals surface area contributed by atoms with Gasteiger partial charge in [-0.25, -0.2) is 14.1 Å². The van der Waals surface area contributed by atoms with Gasteiger partial charge in [0, 0.05) is 12.5 Å². The number of carboxylic acids is 1. The van der Waals surface area contributed by atoms with Crippen LogP contribution in [-0.2, 0) is 11.2 Å². The lowest BCUT2D eigenvalue weighted by Gasteiger charge is -2.26. The Hall–Kier alpha value is -2.77. The fraction of sp³-hybridized carbons (Fsp3) is 0.444. The molecule has 0 unspecified atom stereocenters. The second-order valence-electron chi connectivity index (χ2n) is 6.43. The van der Waals surface area contributed by atoms with Crippen LogP contribution in [0.2, 0.25) is 0 Å². The van der Waals surface area contributed by atoms with Crippen LogP contribution in [0.4, 0.5) is 4.39 Å². The average Bonchev–Trinajstić information content (AvgIpc) is 3.07. The monoisotopic (exact) mass is 360 g/mol. The SMILES string of the molecule is CCc1nc(C(=O)NC2CCC(C(=O)O)CC2)nn1-c1ccccc1F. The Morgan fingerprint density at radius 2 is 1.96 bits per heavy atom. The maximum absolute atomic E-state index is 14.0. The first-order valence-electron chi connectivity index (χ1n) is 8.74. The Bertz CT molecular complexity index is 813. The van der Waals surface area contributed by atoms with Gasteiger partial charge >= 0.3 is 5.97 Å². The van der Waals surface area contributed by atoms with E-state index >= 15 is 0 Å². The van der Waals surface area contributed by atoms with E-state index in [9.17, 15) is 14.0 Å². The van der Waals surface area contributed by atoms with Crippen molar-refractivity contribution in [2.45, 2.75) is 45.1 Å². The van der Waals surface area contributed by atoms with Gasteiger partial charge in [0.2, 0.25) is 5.82 Å². The van der Waals surface area contributed by atoms with Crippen LogP contribution >= 0.6 is 0 Å². The molecule has 1 amide bonds. The summed E-state index contributed by atoms with van der Waals surface area (Å²) in [5.74, 6) is -1.50. The summed E-state index contributed by atoms with van der Waals surface area (Å²) in [4.78, 5) is 27.7. The molecule has 1 aromatic carbocycles. The molecule has 8 heteroatoms. The Morgan fingerprint density at radius 1 is 1.27 bits per heavy atom. The molecular weight excluding hydrogens is 339 g/mol. The van der Waals surface area contributed by atoms with Crippen molar-refractivity contribution in [1.29, 1.82) is 0 Å². The van der Waals surface area contributed by atoms with E-state index < -0.39 is 17.7 Å². The maximum atomic E-state index is 14.0. The number of carbonyl (C=O) groups excluding carboxylic acids is 1. The number of carboxylic acid groups (broad SMARTS) is 1.